The average molecular weight is 999 g/mol. The molecule has 0 heterocycles. The van der Waals surface area contributed by atoms with Gasteiger partial charge in [0, 0.05) is 6.15 Å². The summed E-state index contributed by atoms with van der Waals surface area (Å²) >= 11 is 0. The monoisotopic (exact) mass is 999 g/mol. The van der Waals surface area contributed by atoms with Gasteiger partial charge in [-0.15, -0.1) is 0 Å². The van der Waals surface area contributed by atoms with Gasteiger partial charge in [0.15, 0.2) is 0 Å². The quantitative estimate of drug-likeness (QED) is 0.0842. The fourth-order valence-corrected chi connectivity index (χ4v) is 5.07. The molecule has 0 radical (unpaired) electrons. The fourth-order valence-electron chi connectivity index (χ4n) is 5.07. The third-order valence-electron chi connectivity index (χ3n) is 9.12. The first-order valence-electron chi connectivity index (χ1n) is 14.9. The number of alkyl halides is 36. The lowest BCUT2D eigenvalue weighted by Crippen LogP contribution is -2.62. The SMILES string of the molecule is FC(F)(F)C(F)(F)C(F)(F)C(F)(F)CC[B-](CCC(F)(F)C(F)(F)C(F)(F)C(F)(F)F)(CCC(F)(F)C(F)(F)C(F)(F)C(F)(F)F)CCC(F)(F)C(F)(F)C(F)(F)C(F)(F)F. The van der Waals surface area contributed by atoms with E-state index in [1.165, 1.54) is 0 Å². The highest BCUT2D eigenvalue weighted by atomic mass is 19.5. The zero-order valence-corrected chi connectivity index (χ0v) is 27.8. The van der Waals surface area contributed by atoms with Crippen molar-refractivity contribution in [3.05, 3.63) is 0 Å². The highest BCUT2D eigenvalue weighted by molar-refractivity contribution is 6.80. The molecule has 0 aliphatic heterocycles. The standard InChI is InChI=1S/C24H16BF36/c26-9(27,13(34,35)17(42,43)21(50,51)52)1-5-25(6-2-10(28,29)14(36,37)18(44,45)22(53,54)55,7-3-11(30,31)15(38,39)19(46,47)23(56,57)58)8-4-12(32,33)16(40,41)20(48,49)24(59,60)61/h1-8H2/q-1. The molecule has 0 amide bonds. The van der Waals surface area contributed by atoms with Crippen LogP contribution in [-0.4, -0.2) is 102 Å². The van der Waals surface area contributed by atoms with E-state index in [2.05, 4.69) is 0 Å². The van der Waals surface area contributed by atoms with Gasteiger partial charge in [-0.05, 0) is 25.7 Å². The van der Waals surface area contributed by atoms with Crippen molar-refractivity contribution in [3.63, 3.8) is 0 Å². The smallest absolute Gasteiger partial charge is 0.200 e. The summed E-state index contributed by atoms with van der Waals surface area (Å²) in [5, 5.41) is 0. The minimum Gasteiger partial charge on any atom is -0.200 e. The molecule has 0 aliphatic carbocycles. The van der Waals surface area contributed by atoms with Gasteiger partial charge >= 0.3 is 95.8 Å². The van der Waals surface area contributed by atoms with Crippen LogP contribution >= 0.6 is 0 Å². The van der Waals surface area contributed by atoms with Crippen molar-refractivity contribution >= 4 is 6.15 Å². The average Bonchev–Trinajstić information content (AvgIpc) is 3.01. The summed E-state index contributed by atoms with van der Waals surface area (Å²) in [7, 11) is 0. The number of hydrogen-bond acceptors (Lipinski definition) is 0. The molecule has 0 spiro atoms. The van der Waals surface area contributed by atoms with Gasteiger partial charge in [0.25, 0.3) is 0 Å². The first-order valence-corrected chi connectivity index (χ1v) is 14.9. The summed E-state index contributed by atoms with van der Waals surface area (Å²) in [4.78, 5) is 0. The van der Waals surface area contributed by atoms with Crippen molar-refractivity contribution in [3.8, 4) is 0 Å². The largest absolute Gasteiger partial charge is 0.460 e. The minimum absolute atomic E-state index is 3.54. The Labute approximate surface area is 312 Å². The molecule has 0 saturated carbocycles. The molecule has 0 atom stereocenters. The third kappa shape index (κ3) is 9.95. The van der Waals surface area contributed by atoms with Gasteiger partial charge in [-0.3, -0.25) is 0 Å². The Morgan fingerprint density at radius 2 is 0.295 bits per heavy atom. The maximum Gasteiger partial charge on any atom is 0.460 e. The molecule has 0 fully saturated rings. The van der Waals surface area contributed by atoms with E-state index in [9.17, 15) is 158 Å². The maximum absolute atomic E-state index is 14.4. The van der Waals surface area contributed by atoms with Crippen LogP contribution in [0.15, 0.2) is 0 Å². The molecule has 0 N–H and O–H groups in total. The van der Waals surface area contributed by atoms with Crippen molar-refractivity contribution in [2.24, 2.45) is 0 Å². The molecule has 0 unspecified atom stereocenters. The van der Waals surface area contributed by atoms with Crippen LogP contribution in [0.1, 0.15) is 25.7 Å². The Hall–Kier alpha value is -2.46. The van der Waals surface area contributed by atoms with Crippen LogP contribution in [0, 0.1) is 0 Å². The zero-order chi connectivity index (χ0) is 50.2. The lowest BCUT2D eigenvalue weighted by atomic mass is 9.17. The van der Waals surface area contributed by atoms with Crippen molar-refractivity contribution in [2.75, 3.05) is 0 Å². The van der Waals surface area contributed by atoms with Crippen LogP contribution in [0.4, 0.5) is 158 Å². The first kappa shape index (κ1) is 58.5. The van der Waals surface area contributed by atoms with Gasteiger partial charge in [0.2, 0.25) is 0 Å². The van der Waals surface area contributed by atoms with E-state index >= 15 is 0 Å². The van der Waals surface area contributed by atoms with E-state index in [-0.39, 0.29) is 0 Å². The van der Waals surface area contributed by atoms with Crippen LogP contribution in [0.3, 0.4) is 0 Å². The van der Waals surface area contributed by atoms with E-state index in [0.717, 1.165) is 0 Å². The Balaban J connectivity index is 8.21. The van der Waals surface area contributed by atoms with Crippen LogP contribution < -0.4 is 0 Å². The summed E-state index contributed by atoms with van der Waals surface area (Å²) in [5.41, 5.74) is 0. The summed E-state index contributed by atoms with van der Waals surface area (Å²) in [6.45, 7) is 0. The predicted molar refractivity (Wildman–Crippen MR) is 127 cm³/mol. The summed E-state index contributed by atoms with van der Waals surface area (Å²) in [5.74, 6) is -94.8. The maximum atomic E-state index is 14.4. The number of hydrogen-bond donors (Lipinski definition) is 0. The van der Waals surface area contributed by atoms with Gasteiger partial charge in [0.05, 0.1) is 0 Å². The van der Waals surface area contributed by atoms with Gasteiger partial charge in [-0.1, -0.05) is 0 Å². The lowest BCUT2D eigenvalue weighted by Gasteiger charge is -2.46. The van der Waals surface area contributed by atoms with Crippen molar-refractivity contribution in [1.29, 1.82) is 0 Å². The Kier molecular flexibility index (Phi) is 15.3. The Morgan fingerprint density at radius 1 is 0.180 bits per heavy atom. The van der Waals surface area contributed by atoms with Crippen molar-refractivity contribution in [1.82, 2.24) is 0 Å². The van der Waals surface area contributed by atoms with Crippen molar-refractivity contribution < 1.29 is 158 Å². The second-order valence-electron chi connectivity index (χ2n) is 13.3. The Bertz CT molecular complexity index is 1250. The van der Waals surface area contributed by atoms with Gasteiger partial charge in [0.1, 0.15) is 0 Å². The van der Waals surface area contributed by atoms with Crippen LogP contribution in [0.2, 0.25) is 25.3 Å². The molecule has 0 aliphatic rings. The number of halogens is 36. The molecule has 0 aromatic carbocycles. The molecular weight excluding hydrogens is 983 g/mol. The highest BCUT2D eigenvalue weighted by Crippen LogP contribution is 2.61. The summed E-state index contributed by atoms with van der Waals surface area (Å²) in [6, 6.07) is 0. The van der Waals surface area contributed by atoms with Crippen LogP contribution in [0.25, 0.3) is 0 Å². The fraction of sp³-hybridized carbons (Fsp3) is 1.00. The first-order chi connectivity index (χ1) is 25.8. The van der Waals surface area contributed by atoms with Gasteiger partial charge in [-0.25, -0.2) is 0 Å². The minimum atomic E-state index is -8.14. The lowest BCUT2D eigenvalue weighted by molar-refractivity contribution is -0.396. The molecular formula is C24H16BF36-. The number of rotatable bonds is 20. The Morgan fingerprint density at radius 3 is 0.393 bits per heavy atom. The van der Waals surface area contributed by atoms with Crippen LogP contribution in [-0.2, 0) is 0 Å². The topological polar surface area (TPSA) is 0 Å². The molecule has 0 saturated heterocycles. The zero-order valence-electron chi connectivity index (χ0n) is 27.8. The van der Waals surface area contributed by atoms with Crippen LogP contribution in [0.5, 0.6) is 0 Å². The molecule has 0 aromatic rings. The van der Waals surface area contributed by atoms with Crippen molar-refractivity contribution in [2.45, 2.75) is 147 Å². The molecule has 0 aromatic heterocycles. The molecule has 37 heteroatoms. The predicted octanol–water partition coefficient (Wildman–Crippen LogP) is 14.9. The second kappa shape index (κ2) is 15.9. The molecule has 0 nitrogen and oxygen atoms in total. The molecule has 368 valence electrons. The second-order valence-corrected chi connectivity index (χ2v) is 13.3. The molecule has 0 rings (SSSR count). The van der Waals surface area contributed by atoms with E-state index in [1.54, 1.807) is 0 Å². The molecule has 61 heavy (non-hydrogen) atoms. The van der Waals surface area contributed by atoms with E-state index in [4.69, 9.17) is 0 Å². The van der Waals surface area contributed by atoms with Gasteiger partial charge in [-0.2, -0.15) is 183 Å². The summed E-state index contributed by atoms with van der Waals surface area (Å²) in [6.07, 6.45) is -68.1. The molecule has 0 bridgehead atoms. The van der Waals surface area contributed by atoms with E-state index in [1.807, 2.05) is 0 Å². The highest BCUT2D eigenvalue weighted by Gasteiger charge is 2.85. The van der Waals surface area contributed by atoms with Gasteiger partial charge < -0.3 is 0 Å². The third-order valence-corrected chi connectivity index (χ3v) is 9.12. The summed E-state index contributed by atoms with van der Waals surface area (Å²) < 4.78 is 484. The van der Waals surface area contributed by atoms with E-state index < -0.39 is 153 Å². The van der Waals surface area contributed by atoms with E-state index in [0.29, 0.717) is 0 Å². The normalized spacial score (nSPS) is 16.7.